The van der Waals surface area contributed by atoms with Crippen LogP contribution in [-0.2, 0) is 19.7 Å². The van der Waals surface area contributed by atoms with Crippen LogP contribution in [0.3, 0.4) is 0 Å². The van der Waals surface area contributed by atoms with Crippen molar-refractivity contribution in [2.45, 2.75) is 57.4 Å². The van der Waals surface area contributed by atoms with E-state index in [0.717, 1.165) is 44.9 Å². The molecule has 3 heterocycles. The summed E-state index contributed by atoms with van der Waals surface area (Å²) < 4.78 is 34.1. The maximum Gasteiger partial charge on any atom is 0.282 e. The van der Waals surface area contributed by atoms with Crippen molar-refractivity contribution in [2.75, 3.05) is 78.7 Å². The van der Waals surface area contributed by atoms with Gasteiger partial charge in [0.2, 0.25) is 5.91 Å². The third-order valence-corrected chi connectivity index (χ3v) is 9.83. The van der Waals surface area contributed by atoms with E-state index in [1.54, 1.807) is 0 Å². The second kappa shape index (κ2) is 12.3. The molecule has 3 saturated heterocycles. The van der Waals surface area contributed by atoms with E-state index in [9.17, 15) is 13.2 Å². The van der Waals surface area contributed by atoms with E-state index < -0.39 is 10.2 Å². The summed E-state index contributed by atoms with van der Waals surface area (Å²) in [6.45, 7) is 8.72. The average molecular weight is 486 g/mol. The van der Waals surface area contributed by atoms with Crippen LogP contribution in [0.5, 0.6) is 0 Å². The van der Waals surface area contributed by atoms with Gasteiger partial charge in [0.25, 0.3) is 10.2 Å². The predicted octanol–water partition coefficient (Wildman–Crippen LogP) is 0.732. The number of piperidine rings is 1. The molecule has 1 atom stereocenters. The lowest BCUT2D eigenvalue weighted by Gasteiger charge is -2.40. The van der Waals surface area contributed by atoms with Crippen molar-refractivity contribution < 1.29 is 17.9 Å². The zero-order valence-electron chi connectivity index (χ0n) is 20.1. The lowest BCUT2D eigenvalue weighted by Crippen LogP contribution is -2.53. The summed E-state index contributed by atoms with van der Waals surface area (Å²) >= 11 is 0. The van der Waals surface area contributed by atoms with Crippen LogP contribution < -0.4 is 5.32 Å². The van der Waals surface area contributed by atoms with Crippen molar-refractivity contribution in [1.82, 2.24) is 23.7 Å². The first kappa shape index (κ1) is 25.3. The molecule has 9 nitrogen and oxygen atoms in total. The normalized spacial score (nSPS) is 28.1. The number of ether oxygens (including phenoxy) is 1. The van der Waals surface area contributed by atoms with Gasteiger partial charge in [0, 0.05) is 64.9 Å². The summed E-state index contributed by atoms with van der Waals surface area (Å²) in [7, 11) is -3.51. The van der Waals surface area contributed by atoms with Crippen LogP contribution in [0.15, 0.2) is 0 Å². The van der Waals surface area contributed by atoms with Gasteiger partial charge in [-0.3, -0.25) is 9.69 Å². The fraction of sp³-hybridized carbons (Fsp3) is 0.957. The van der Waals surface area contributed by atoms with Gasteiger partial charge in [-0.15, -0.1) is 0 Å². The van der Waals surface area contributed by atoms with Crippen LogP contribution in [0.1, 0.15) is 51.4 Å². The minimum Gasteiger partial charge on any atom is -0.379 e. The zero-order valence-corrected chi connectivity index (χ0v) is 20.9. The lowest BCUT2D eigenvalue weighted by molar-refractivity contribution is -0.126. The maximum absolute atomic E-state index is 12.9. The molecule has 190 valence electrons. The molecule has 0 aromatic carbocycles. The van der Waals surface area contributed by atoms with E-state index in [0.29, 0.717) is 39.4 Å². The molecule has 4 fully saturated rings. The molecule has 0 spiro atoms. The number of rotatable bonds is 8. The Balaban J connectivity index is 1.13. The van der Waals surface area contributed by atoms with Crippen LogP contribution in [0.25, 0.3) is 0 Å². The summed E-state index contributed by atoms with van der Waals surface area (Å²) in [6, 6.07) is 0.808. The maximum atomic E-state index is 12.9. The molecule has 1 N–H and O–H groups in total. The Hall–Kier alpha value is -0.780. The van der Waals surface area contributed by atoms with Crippen LogP contribution in [0, 0.1) is 5.92 Å². The highest BCUT2D eigenvalue weighted by Crippen LogP contribution is 2.24. The van der Waals surface area contributed by atoms with Crippen molar-refractivity contribution in [2.24, 2.45) is 5.92 Å². The smallest absolute Gasteiger partial charge is 0.282 e. The molecular weight excluding hydrogens is 442 g/mol. The van der Waals surface area contributed by atoms with Crippen molar-refractivity contribution in [1.29, 1.82) is 0 Å². The molecular formula is C23H43N5O4S. The number of piperazine rings is 1. The van der Waals surface area contributed by atoms with Crippen molar-refractivity contribution in [3.63, 3.8) is 0 Å². The Kier molecular flexibility index (Phi) is 9.41. The third-order valence-electron chi connectivity index (χ3n) is 7.83. The number of hydrogen-bond donors (Lipinski definition) is 1. The van der Waals surface area contributed by atoms with Gasteiger partial charge in [-0.2, -0.15) is 17.0 Å². The minimum absolute atomic E-state index is 0.000930. The molecule has 10 heteroatoms. The first-order valence-electron chi connectivity index (χ1n) is 13.1. The second-order valence-corrected chi connectivity index (χ2v) is 12.0. The standard InChI is InChI=1S/C23H43N5O4S/c29-23(21-6-4-11-28(20-21)33(30,31)27-16-18-32-19-17-27)24-9-5-10-25-12-14-26(15-13-25)22-7-2-1-3-8-22/h21-22H,1-20H2,(H,24,29)/t21-/m1/s1. The minimum atomic E-state index is -3.51. The number of morpholine rings is 1. The van der Waals surface area contributed by atoms with Gasteiger partial charge in [-0.25, -0.2) is 0 Å². The number of carbonyl (C=O) groups excluding carboxylic acids is 1. The van der Waals surface area contributed by atoms with E-state index in [-0.39, 0.29) is 18.4 Å². The van der Waals surface area contributed by atoms with Crippen LogP contribution in [0.4, 0.5) is 0 Å². The van der Waals surface area contributed by atoms with Crippen LogP contribution in [-0.4, -0.2) is 117 Å². The first-order valence-corrected chi connectivity index (χ1v) is 14.5. The Labute approximate surface area is 200 Å². The number of carbonyl (C=O) groups is 1. The fourth-order valence-electron chi connectivity index (χ4n) is 5.76. The van der Waals surface area contributed by atoms with E-state index in [2.05, 4.69) is 15.1 Å². The van der Waals surface area contributed by atoms with Gasteiger partial charge in [-0.05, 0) is 38.6 Å². The fourth-order valence-corrected chi connectivity index (χ4v) is 7.43. The highest BCUT2D eigenvalue weighted by molar-refractivity contribution is 7.86. The lowest BCUT2D eigenvalue weighted by atomic mass is 9.94. The number of amides is 1. The molecule has 4 rings (SSSR count). The highest BCUT2D eigenvalue weighted by Gasteiger charge is 2.36. The Morgan fingerprint density at radius 3 is 2.30 bits per heavy atom. The molecule has 0 radical (unpaired) electrons. The van der Waals surface area contributed by atoms with Gasteiger partial charge in [0.05, 0.1) is 19.1 Å². The third kappa shape index (κ3) is 6.89. The van der Waals surface area contributed by atoms with Gasteiger partial charge >= 0.3 is 0 Å². The molecule has 0 unspecified atom stereocenters. The molecule has 33 heavy (non-hydrogen) atoms. The second-order valence-electron chi connectivity index (χ2n) is 10.0. The summed E-state index contributed by atoms with van der Waals surface area (Å²) in [4.78, 5) is 17.9. The average Bonchev–Trinajstić information content (AvgIpc) is 2.88. The van der Waals surface area contributed by atoms with E-state index in [1.807, 2.05) is 0 Å². The molecule has 1 saturated carbocycles. The Morgan fingerprint density at radius 1 is 0.848 bits per heavy atom. The molecule has 0 aromatic rings. The SMILES string of the molecule is O=C(NCCCN1CCN(C2CCCCC2)CC1)[C@@H]1CCCN(S(=O)(=O)N2CCOCC2)C1. The van der Waals surface area contributed by atoms with Crippen molar-refractivity contribution >= 4 is 16.1 Å². The molecule has 3 aliphatic heterocycles. The molecule has 1 aliphatic carbocycles. The number of nitrogens with one attached hydrogen (secondary N) is 1. The Morgan fingerprint density at radius 2 is 1.58 bits per heavy atom. The number of nitrogens with zero attached hydrogens (tertiary/aromatic N) is 4. The molecule has 1 amide bonds. The predicted molar refractivity (Wildman–Crippen MR) is 128 cm³/mol. The molecule has 0 aromatic heterocycles. The number of hydrogen-bond acceptors (Lipinski definition) is 6. The quantitative estimate of drug-likeness (QED) is 0.511. The first-order chi connectivity index (χ1) is 16.0. The van der Waals surface area contributed by atoms with E-state index in [4.69, 9.17) is 4.74 Å². The van der Waals surface area contributed by atoms with Gasteiger partial charge in [-0.1, -0.05) is 19.3 Å². The summed E-state index contributed by atoms with van der Waals surface area (Å²) in [6.07, 6.45) is 9.36. The van der Waals surface area contributed by atoms with Crippen LogP contribution >= 0.6 is 0 Å². The van der Waals surface area contributed by atoms with E-state index in [1.165, 1.54) is 53.8 Å². The largest absolute Gasteiger partial charge is 0.379 e. The monoisotopic (exact) mass is 485 g/mol. The topological polar surface area (TPSA) is 85.4 Å². The van der Waals surface area contributed by atoms with E-state index >= 15 is 0 Å². The highest BCUT2D eigenvalue weighted by atomic mass is 32.2. The van der Waals surface area contributed by atoms with Gasteiger partial charge in [0.15, 0.2) is 0 Å². The summed E-state index contributed by atoms with van der Waals surface area (Å²) in [5, 5.41) is 3.07. The van der Waals surface area contributed by atoms with Crippen LogP contribution in [0.2, 0.25) is 0 Å². The summed E-state index contributed by atoms with van der Waals surface area (Å²) in [5.74, 6) is -0.257. The van der Waals surface area contributed by atoms with Gasteiger partial charge < -0.3 is 15.0 Å². The van der Waals surface area contributed by atoms with Crippen molar-refractivity contribution in [3.8, 4) is 0 Å². The summed E-state index contributed by atoms with van der Waals surface area (Å²) in [5.41, 5.74) is 0. The van der Waals surface area contributed by atoms with Gasteiger partial charge in [0.1, 0.15) is 0 Å². The molecule has 0 bridgehead atoms. The zero-order chi connectivity index (χ0) is 23.1. The Bertz CT molecular complexity index is 716. The van der Waals surface area contributed by atoms with Crippen molar-refractivity contribution in [3.05, 3.63) is 0 Å². The molecule has 4 aliphatic rings.